The van der Waals surface area contributed by atoms with E-state index in [1.54, 1.807) is 6.20 Å². The molecular formula is C21H22N4O4S2. The van der Waals surface area contributed by atoms with E-state index >= 15 is 0 Å². The van der Waals surface area contributed by atoms with E-state index in [2.05, 4.69) is 15.3 Å². The van der Waals surface area contributed by atoms with Gasteiger partial charge in [0.05, 0.1) is 11.9 Å². The third-order valence-electron chi connectivity index (χ3n) is 4.76. The molecule has 1 aliphatic heterocycles. The molecule has 8 nitrogen and oxygen atoms in total. The summed E-state index contributed by atoms with van der Waals surface area (Å²) in [6, 6.07) is 8.67. The van der Waals surface area contributed by atoms with Crippen molar-refractivity contribution in [2.75, 3.05) is 11.1 Å². The zero-order chi connectivity index (χ0) is 21.8. The number of nitrogens with zero attached hydrogens (tertiary/aromatic N) is 3. The summed E-state index contributed by atoms with van der Waals surface area (Å²) in [5, 5.41) is 4.78. The van der Waals surface area contributed by atoms with Crippen molar-refractivity contribution in [3.63, 3.8) is 0 Å². The van der Waals surface area contributed by atoms with Gasteiger partial charge >= 0.3 is 6.09 Å². The lowest BCUT2D eigenvalue weighted by Crippen LogP contribution is -2.45. The van der Waals surface area contributed by atoms with E-state index in [-0.39, 0.29) is 18.4 Å². The molecule has 1 N–H and O–H groups in total. The standard InChI is InChI=1S/C21H22N4O4S2/c1-13(2)15-10-31-20(23-15)24-18(26)16-11-30-19(17-8-22-12-29-17)25(16)21(27)28-9-14-6-4-3-5-7-14/h3-8,10,12-13,16,19H,9,11H2,1-2H3,(H,23,24,26). The van der Waals surface area contributed by atoms with E-state index in [1.165, 1.54) is 34.4 Å². The summed E-state index contributed by atoms with van der Waals surface area (Å²) in [5.74, 6) is 0.855. The van der Waals surface area contributed by atoms with Gasteiger partial charge in [0.2, 0.25) is 5.91 Å². The average molecular weight is 459 g/mol. The minimum absolute atomic E-state index is 0.114. The summed E-state index contributed by atoms with van der Waals surface area (Å²) in [5.41, 5.74) is 1.78. The highest BCUT2D eigenvalue weighted by atomic mass is 32.2. The van der Waals surface area contributed by atoms with Gasteiger partial charge in [-0.3, -0.25) is 9.69 Å². The summed E-state index contributed by atoms with van der Waals surface area (Å²) in [6.07, 6.45) is 2.27. The Morgan fingerprint density at radius 2 is 2.13 bits per heavy atom. The van der Waals surface area contributed by atoms with Crippen LogP contribution < -0.4 is 5.32 Å². The molecule has 2 aromatic heterocycles. The van der Waals surface area contributed by atoms with Gasteiger partial charge in [-0.2, -0.15) is 0 Å². The Balaban J connectivity index is 1.50. The molecule has 2 amide bonds. The third-order valence-corrected chi connectivity index (χ3v) is 6.82. The number of rotatable bonds is 6. The number of aromatic nitrogens is 2. The van der Waals surface area contributed by atoms with Crippen LogP contribution in [-0.4, -0.2) is 38.7 Å². The van der Waals surface area contributed by atoms with Crippen molar-refractivity contribution in [2.45, 2.75) is 37.8 Å². The summed E-state index contributed by atoms with van der Waals surface area (Å²) >= 11 is 2.80. The number of thioether (sulfide) groups is 1. The monoisotopic (exact) mass is 458 g/mol. The molecule has 0 aliphatic carbocycles. The van der Waals surface area contributed by atoms with Crippen molar-refractivity contribution in [3.05, 3.63) is 65.3 Å². The molecule has 0 saturated carbocycles. The van der Waals surface area contributed by atoms with E-state index in [4.69, 9.17) is 9.15 Å². The molecular weight excluding hydrogens is 436 g/mol. The molecule has 1 aromatic carbocycles. The van der Waals surface area contributed by atoms with Crippen molar-refractivity contribution in [3.8, 4) is 0 Å². The fourth-order valence-electron chi connectivity index (χ4n) is 3.09. The number of carbonyl (C=O) groups excluding carboxylic acids is 2. The molecule has 162 valence electrons. The average Bonchev–Trinajstić information content (AvgIpc) is 3.52. The van der Waals surface area contributed by atoms with Crippen molar-refractivity contribution in [2.24, 2.45) is 0 Å². The second-order valence-corrected chi connectivity index (χ2v) is 9.25. The molecule has 0 bridgehead atoms. The molecule has 3 heterocycles. The zero-order valence-corrected chi connectivity index (χ0v) is 18.7. The maximum atomic E-state index is 13.0. The number of hydrogen-bond donors (Lipinski definition) is 1. The van der Waals surface area contributed by atoms with Gasteiger partial charge < -0.3 is 14.5 Å². The molecule has 10 heteroatoms. The Morgan fingerprint density at radius 3 is 2.81 bits per heavy atom. The predicted molar refractivity (Wildman–Crippen MR) is 119 cm³/mol. The second-order valence-electron chi connectivity index (χ2n) is 7.27. The minimum atomic E-state index is -0.727. The fourth-order valence-corrected chi connectivity index (χ4v) is 5.32. The van der Waals surface area contributed by atoms with Crippen molar-refractivity contribution in [1.29, 1.82) is 0 Å². The summed E-state index contributed by atoms with van der Waals surface area (Å²) < 4.78 is 10.9. The van der Waals surface area contributed by atoms with Crippen molar-refractivity contribution < 1.29 is 18.7 Å². The lowest BCUT2D eigenvalue weighted by Gasteiger charge is -2.26. The molecule has 0 radical (unpaired) electrons. The largest absolute Gasteiger partial charge is 0.445 e. The van der Waals surface area contributed by atoms with Crippen LogP contribution >= 0.6 is 23.1 Å². The van der Waals surface area contributed by atoms with Crippen molar-refractivity contribution >= 4 is 40.2 Å². The molecule has 1 saturated heterocycles. The van der Waals surface area contributed by atoms with Gasteiger partial charge in [0, 0.05) is 11.1 Å². The van der Waals surface area contributed by atoms with Gasteiger partial charge in [0.15, 0.2) is 17.3 Å². The first kappa shape index (κ1) is 21.4. The minimum Gasteiger partial charge on any atom is -0.445 e. The zero-order valence-electron chi connectivity index (χ0n) is 17.1. The first-order valence-corrected chi connectivity index (χ1v) is 11.7. The molecule has 31 heavy (non-hydrogen) atoms. The molecule has 1 fully saturated rings. The Hall–Kier alpha value is -2.85. The SMILES string of the molecule is CC(C)c1csc(NC(=O)C2CSC(c3cnco3)N2C(=O)OCc2ccccc2)n1. The summed E-state index contributed by atoms with van der Waals surface area (Å²) in [6.45, 7) is 4.20. The van der Waals surface area contributed by atoms with E-state index in [0.29, 0.717) is 16.6 Å². The number of amides is 2. The number of thiazole rings is 1. The highest BCUT2D eigenvalue weighted by Crippen LogP contribution is 2.42. The molecule has 4 rings (SSSR count). The summed E-state index contributed by atoms with van der Waals surface area (Å²) in [4.78, 5) is 35.9. The first-order chi connectivity index (χ1) is 15.0. The maximum Gasteiger partial charge on any atom is 0.412 e. The van der Waals surface area contributed by atoms with Gasteiger partial charge in [-0.05, 0) is 11.5 Å². The van der Waals surface area contributed by atoms with E-state index in [9.17, 15) is 9.59 Å². The smallest absolute Gasteiger partial charge is 0.412 e. The van der Waals surface area contributed by atoms with Crippen LogP contribution in [0.5, 0.6) is 0 Å². The molecule has 0 spiro atoms. The van der Waals surface area contributed by atoms with Gasteiger partial charge in [-0.25, -0.2) is 14.8 Å². The van der Waals surface area contributed by atoms with Gasteiger partial charge in [0.1, 0.15) is 18.0 Å². The number of anilines is 1. The van der Waals surface area contributed by atoms with Crippen LogP contribution in [-0.2, 0) is 16.1 Å². The number of nitrogens with one attached hydrogen (secondary N) is 1. The molecule has 2 atom stereocenters. The predicted octanol–water partition coefficient (Wildman–Crippen LogP) is 4.65. The number of oxazole rings is 1. The van der Waals surface area contributed by atoms with Gasteiger partial charge in [-0.1, -0.05) is 44.2 Å². The lowest BCUT2D eigenvalue weighted by atomic mass is 10.2. The van der Waals surface area contributed by atoms with Crippen LogP contribution in [0.1, 0.15) is 42.2 Å². The van der Waals surface area contributed by atoms with E-state index in [1.807, 2.05) is 49.6 Å². The highest BCUT2D eigenvalue weighted by Gasteiger charge is 2.45. The highest BCUT2D eigenvalue weighted by molar-refractivity contribution is 7.99. The topological polar surface area (TPSA) is 97.6 Å². The first-order valence-electron chi connectivity index (χ1n) is 9.78. The number of benzene rings is 1. The Labute approximate surface area is 188 Å². The van der Waals surface area contributed by atoms with Crippen LogP contribution in [0.3, 0.4) is 0 Å². The maximum absolute atomic E-state index is 13.0. The van der Waals surface area contributed by atoms with Crippen molar-refractivity contribution in [1.82, 2.24) is 14.9 Å². The third kappa shape index (κ3) is 4.91. The Kier molecular flexibility index (Phi) is 6.57. The number of ether oxygens (including phenoxy) is 1. The Morgan fingerprint density at radius 1 is 1.32 bits per heavy atom. The van der Waals surface area contributed by atoms with Crippen LogP contribution in [0.2, 0.25) is 0 Å². The quantitative estimate of drug-likeness (QED) is 0.574. The number of carbonyl (C=O) groups is 2. The Bertz CT molecular complexity index is 1020. The second kappa shape index (κ2) is 9.52. The van der Waals surface area contributed by atoms with Crippen LogP contribution in [0.25, 0.3) is 0 Å². The fraction of sp³-hybridized carbons (Fsp3) is 0.333. The number of hydrogen-bond acceptors (Lipinski definition) is 8. The van der Waals surface area contributed by atoms with Crippen LogP contribution in [0.4, 0.5) is 9.93 Å². The van der Waals surface area contributed by atoms with E-state index in [0.717, 1.165) is 11.3 Å². The van der Waals surface area contributed by atoms with Gasteiger partial charge in [-0.15, -0.1) is 23.1 Å². The van der Waals surface area contributed by atoms with Crippen LogP contribution in [0.15, 0.2) is 52.7 Å². The van der Waals surface area contributed by atoms with E-state index < -0.39 is 17.5 Å². The lowest BCUT2D eigenvalue weighted by molar-refractivity contribution is -0.120. The normalized spacial score (nSPS) is 18.4. The summed E-state index contributed by atoms with van der Waals surface area (Å²) in [7, 11) is 0. The van der Waals surface area contributed by atoms with Crippen LogP contribution in [0, 0.1) is 0 Å². The molecule has 3 aromatic rings. The van der Waals surface area contributed by atoms with Gasteiger partial charge in [0.25, 0.3) is 0 Å². The molecule has 2 unspecified atom stereocenters. The molecule has 1 aliphatic rings.